The van der Waals surface area contributed by atoms with Crippen LogP contribution in [0.15, 0.2) is 48.8 Å². The Morgan fingerprint density at radius 1 is 1.11 bits per heavy atom. The van der Waals surface area contributed by atoms with Crippen molar-refractivity contribution < 1.29 is 14.3 Å². The number of pyridine rings is 1. The van der Waals surface area contributed by atoms with Gasteiger partial charge in [-0.15, -0.1) is 0 Å². The molecule has 2 aromatic rings. The number of nitrogens with zero attached hydrogens (tertiary/aromatic N) is 3. The highest BCUT2D eigenvalue weighted by Gasteiger charge is 2.15. The van der Waals surface area contributed by atoms with Gasteiger partial charge in [-0.3, -0.25) is 4.98 Å². The van der Waals surface area contributed by atoms with Crippen molar-refractivity contribution in [1.82, 2.24) is 14.8 Å². The predicted molar refractivity (Wildman–Crippen MR) is 109 cm³/mol. The quantitative estimate of drug-likeness (QED) is 0.672. The number of urea groups is 1. The molecule has 0 radical (unpaired) electrons. The summed E-state index contributed by atoms with van der Waals surface area (Å²) < 4.78 is 5.11. The maximum absolute atomic E-state index is 12.8. The van der Waals surface area contributed by atoms with E-state index in [-0.39, 0.29) is 12.0 Å². The fraction of sp³-hybridized carbons (Fsp3) is 0.381. The van der Waals surface area contributed by atoms with Gasteiger partial charge in [0.25, 0.3) is 0 Å². The average Bonchev–Trinajstić information content (AvgIpc) is 2.70. The predicted octanol–water partition coefficient (Wildman–Crippen LogP) is 3.24. The highest BCUT2D eigenvalue weighted by molar-refractivity contribution is 5.92. The number of amides is 2. The summed E-state index contributed by atoms with van der Waals surface area (Å²) in [5.41, 5.74) is 2.05. The van der Waals surface area contributed by atoms with Crippen LogP contribution in [0.4, 0.5) is 10.5 Å². The van der Waals surface area contributed by atoms with Gasteiger partial charge in [0.2, 0.25) is 0 Å². The largest absolute Gasteiger partial charge is 0.462 e. The van der Waals surface area contributed by atoms with E-state index >= 15 is 0 Å². The summed E-state index contributed by atoms with van der Waals surface area (Å²) in [6, 6.07) is 10.3. The lowest BCUT2D eigenvalue weighted by molar-refractivity contribution is 0.0505. The number of anilines is 1. The van der Waals surface area contributed by atoms with E-state index in [1.54, 1.807) is 41.6 Å². The van der Waals surface area contributed by atoms with E-state index in [4.69, 9.17) is 4.74 Å². The second-order valence-electron chi connectivity index (χ2n) is 6.73. The number of ether oxygens (including phenoxy) is 1. The zero-order chi connectivity index (χ0) is 20.4. The summed E-state index contributed by atoms with van der Waals surface area (Å²) in [6.45, 7) is 4.13. The van der Waals surface area contributed by atoms with Crippen molar-refractivity contribution in [3.8, 4) is 0 Å². The first-order chi connectivity index (χ1) is 13.5. The fourth-order valence-corrected chi connectivity index (χ4v) is 2.46. The Bertz CT molecular complexity index is 748. The highest BCUT2D eigenvalue weighted by Crippen LogP contribution is 2.13. The third kappa shape index (κ3) is 7.00. The highest BCUT2D eigenvalue weighted by atomic mass is 16.5. The lowest BCUT2D eigenvalue weighted by atomic mass is 10.2. The Hall–Kier alpha value is -2.93. The third-order valence-corrected chi connectivity index (χ3v) is 4.01. The van der Waals surface area contributed by atoms with E-state index in [0.717, 1.165) is 18.5 Å². The van der Waals surface area contributed by atoms with Gasteiger partial charge in [0, 0.05) is 37.7 Å². The Morgan fingerprint density at radius 2 is 1.86 bits per heavy atom. The molecule has 7 nitrogen and oxygen atoms in total. The second-order valence-corrected chi connectivity index (χ2v) is 6.73. The van der Waals surface area contributed by atoms with E-state index in [2.05, 4.69) is 10.3 Å². The number of hydrogen-bond donors (Lipinski definition) is 1. The van der Waals surface area contributed by atoms with Crippen LogP contribution in [-0.4, -0.2) is 60.6 Å². The van der Waals surface area contributed by atoms with Gasteiger partial charge in [0.1, 0.15) is 0 Å². The molecule has 1 heterocycles. The van der Waals surface area contributed by atoms with Gasteiger partial charge >= 0.3 is 12.0 Å². The van der Waals surface area contributed by atoms with Gasteiger partial charge in [0.15, 0.2) is 0 Å². The Morgan fingerprint density at radius 3 is 2.46 bits per heavy atom. The van der Waals surface area contributed by atoms with Crippen LogP contribution in [0.1, 0.15) is 29.3 Å². The molecule has 1 N–H and O–H groups in total. The number of esters is 1. The van der Waals surface area contributed by atoms with E-state index in [1.807, 2.05) is 38.1 Å². The molecule has 0 saturated heterocycles. The molecule has 0 spiro atoms. The SMILES string of the molecule is CCCOC(=O)c1ccc(NC(=O)N(CCN(C)C)Cc2cccnc2)cc1. The Kier molecular flexibility index (Phi) is 8.42. The molecular weight excluding hydrogens is 356 g/mol. The molecule has 1 aromatic heterocycles. The van der Waals surface area contributed by atoms with E-state index in [0.29, 0.717) is 30.9 Å². The second kappa shape index (κ2) is 11.0. The van der Waals surface area contributed by atoms with E-state index < -0.39 is 0 Å². The normalized spacial score (nSPS) is 10.6. The summed E-state index contributed by atoms with van der Waals surface area (Å²) in [4.78, 5) is 32.5. The standard InChI is InChI=1S/C21H28N4O3/c1-4-14-28-20(26)18-7-9-19(10-8-18)23-21(27)25(13-12-24(2)3)16-17-6-5-11-22-15-17/h5-11,15H,4,12-14,16H2,1-3H3,(H,23,27). The van der Waals surface area contributed by atoms with Crippen LogP contribution < -0.4 is 5.32 Å². The van der Waals surface area contributed by atoms with Gasteiger partial charge in [-0.05, 0) is 56.4 Å². The van der Waals surface area contributed by atoms with Crippen molar-refractivity contribution in [2.45, 2.75) is 19.9 Å². The van der Waals surface area contributed by atoms with Crippen molar-refractivity contribution in [1.29, 1.82) is 0 Å². The summed E-state index contributed by atoms with van der Waals surface area (Å²) >= 11 is 0. The zero-order valence-electron chi connectivity index (χ0n) is 16.7. The summed E-state index contributed by atoms with van der Waals surface area (Å²) in [7, 11) is 3.94. The first kappa shape index (κ1) is 21.4. The van der Waals surface area contributed by atoms with Crippen LogP contribution in [-0.2, 0) is 11.3 Å². The molecule has 0 saturated carbocycles. The number of carbonyl (C=O) groups is 2. The lowest BCUT2D eigenvalue weighted by Gasteiger charge is -2.24. The molecule has 28 heavy (non-hydrogen) atoms. The molecule has 0 atom stereocenters. The first-order valence-corrected chi connectivity index (χ1v) is 9.36. The molecule has 1 aromatic carbocycles. The summed E-state index contributed by atoms with van der Waals surface area (Å²) in [6.07, 6.45) is 4.24. The minimum Gasteiger partial charge on any atom is -0.462 e. The maximum Gasteiger partial charge on any atom is 0.338 e. The monoisotopic (exact) mass is 384 g/mol. The fourth-order valence-electron chi connectivity index (χ4n) is 2.46. The van der Waals surface area contributed by atoms with Gasteiger partial charge < -0.3 is 19.9 Å². The van der Waals surface area contributed by atoms with Crippen LogP contribution in [0.2, 0.25) is 0 Å². The van der Waals surface area contributed by atoms with Crippen LogP contribution in [0.25, 0.3) is 0 Å². The van der Waals surface area contributed by atoms with Gasteiger partial charge in [-0.1, -0.05) is 13.0 Å². The molecule has 2 rings (SSSR count). The maximum atomic E-state index is 12.8. The van der Waals surface area contributed by atoms with E-state index in [1.165, 1.54) is 0 Å². The lowest BCUT2D eigenvalue weighted by Crippen LogP contribution is -2.39. The average molecular weight is 384 g/mol. The molecule has 2 amide bonds. The van der Waals surface area contributed by atoms with Crippen molar-refractivity contribution in [2.24, 2.45) is 0 Å². The molecule has 0 aliphatic heterocycles. The van der Waals surface area contributed by atoms with Gasteiger partial charge in [0.05, 0.1) is 12.2 Å². The molecule has 0 bridgehead atoms. The van der Waals surface area contributed by atoms with Crippen molar-refractivity contribution in [3.05, 3.63) is 59.9 Å². The zero-order valence-corrected chi connectivity index (χ0v) is 16.7. The van der Waals surface area contributed by atoms with Crippen LogP contribution in [0.3, 0.4) is 0 Å². The Labute approximate surface area is 166 Å². The molecular formula is C21H28N4O3. The molecule has 0 aliphatic rings. The number of carbonyl (C=O) groups excluding carboxylic acids is 2. The van der Waals surface area contributed by atoms with Gasteiger partial charge in [-0.2, -0.15) is 0 Å². The number of hydrogen-bond acceptors (Lipinski definition) is 5. The molecule has 0 unspecified atom stereocenters. The van der Waals surface area contributed by atoms with Crippen molar-refractivity contribution in [3.63, 3.8) is 0 Å². The number of aromatic nitrogens is 1. The van der Waals surface area contributed by atoms with Crippen LogP contribution in [0, 0.1) is 0 Å². The van der Waals surface area contributed by atoms with Crippen molar-refractivity contribution >= 4 is 17.7 Å². The summed E-state index contributed by atoms with van der Waals surface area (Å²) in [5.74, 6) is -0.357. The first-order valence-electron chi connectivity index (χ1n) is 9.36. The summed E-state index contributed by atoms with van der Waals surface area (Å²) in [5, 5.41) is 2.89. The molecule has 0 fully saturated rings. The van der Waals surface area contributed by atoms with E-state index in [9.17, 15) is 9.59 Å². The van der Waals surface area contributed by atoms with Crippen molar-refractivity contribution in [2.75, 3.05) is 39.1 Å². The number of nitrogens with one attached hydrogen (secondary N) is 1. The minimum atomic E-state index is -0.357. The number of rotatable bonds is 9. The van der Waals surface area contributed by atoms with Crippen LogP contribution >= 0.6 is 0 Å². The minimum absolute atomic E-state index is 0.202. The molecule has 0 aliphatic carbocycles. The number of benzene rings is 1. The number of likely N-dealkylation sites (N-methyl/N-ethyl adjacent to an activating group) is 1. The smallest absolute Gasteiger partial charge is 0.338 e. The van der Waals surface area contributed by atoms with Gasteiger partial charge in [-0.25, -0.2) is 9.59 Å². The topological polar surface area (TPSA) is 74.8 Å². The Balaban J connectivity index is 2.02. The third-order valence-electron chi connectivity index (χ3n) is 4.01. The van der Waals surface area contributed by atoms with Crippen LogP contribution in [0.5, 0.6) is 0 Å². The molecule has 150 valence electrons. The molecule has 7 heteroatoms.